The minimum absolute atomic E-state index is 0.0951. The first-order valence-electron chi connectivity index (χ1n) is 4.97. The summed E-state index contributed by atoms with van der Waals surface area (Å²) in [5, 5.41) is 8.01. The molecule has 0 fully saturated rings. The number of halogens is 3. The lowest BCUT2D eigenvalue weighted by Gasteiger charge is -2.09. The van der Waals surface area contributed by atoms with Gasteiger partial charge < -0.3 is 4.57 Å². The SMILES string of the molecule is NNc1nnc(Cn2cc(C(F)(F)F)ccc2=O)s1. The number of hydrazine groups is 1. The van der Waals surface area contributed by atoms with Gasteiger partial charge in [-0.25, -0.2) is 5.84 Å². The maximum atomic E-state index is 12.5. The summed E-state index contributed by atoms with van der Waals surface area (Å²) in [5.74, 6) is 5.11. The summed E-state index contributed by atoms with van der Waals surface area (Å²) in [6.45, 7) is -0.0951. The van der Waals surface area contributed by atoms with Crippen molar-refractivity contribution in [2.24, 2.45) is 5.84 Å². The number of aromatic nitrogens is 3. The first-order valence-corrected chi connectivity index (χ1v) is 5.78. The molecule has 102 valence electrons. The zero-order chi connectivity index (χ0) is 14.0. The Balaban J connectivity index is 2.31. The minimum atomic E-state index is -4.50. The summed E-state index contributed by atoms with van der Waals surface area (Å²) in [6.07, 6.45) is -3.75. The van der Waals surface area contributed by atoms with Crippen molar-refractivity contribution >= 4 is 16.5 Å². The number of nitrogen functional groups attached to an aromatic ring is 1. The first-order chi connectivity index (χ1) is 8.90. The molecule has 0 bridgehead atoms. The summed E-state index contributed by atoms with van der Waals surface area (Å²) in [6, 6.07) is 1.61. The molecule has 0 aliphatic heterocycles. The number of nitrogens with zero attached hydrogens (tertiary/aromatic N) is 3. The third-order valence-corrected chi connectivity index (χ3v) is 3.05. The number of nitrogens with one attached hydrogen (secondary N) is 1. The van der Waals surface area contributed by atoms with Crippen LogP contribution in [-0.4, -0.2) is 14.8 Å². The predicted molar refractivity (Wildman–Crippen MR) is 62.5 cm³/mol. The number of pyridine rings is 1. The molecule has 0 aromatic carbocycles. The Morgan fingerprint density at radius 2 is 2.11 bits per heavy atom. The van der Waals surface area contributed by atoms with E-state index in [1.54, 1.807) is 0 Å². The largest absolute Gasteiger partial charge is 0.417 e. The summed E-state index contributed by atoms with van der Waals surface area (Å²) in [7, 11) is 0. The fourth-order valence-corrected chi connectivity index (χ4v) is 1.99. The quantitative estimate of drug-likeness (QED) is 0.652. The van der Waals surface area contributed by atoms with Gasteiger partial charge in [0.1, 0.15) is 5.01 Å². The van der Waals surface area contributed by atoms with E-state index in [-0.39, 0.29) is 6.54 Å². The van der Waals surface area contributed by atoms with Crippen LogP contribution in [-0.2, 0) is 12.7 Å². The Labute approximate surface area is 108 Å². The van der Waals surface area contributed by atoms with E-state index in [9.17, 15) is 18.0 Å². The van der Waals surface area contributed by atoms with Crippen LogP contribution < -0.4 is 16.8 Å². The van der Waals surface area contributed by atoms with Gasteiger partial charge in [-0.05, 0) is 6.07 Å². The minimum Gasteiger partial charge on any atom is -0.308 e. The number of nitrogens with two attached hydrogens (primary N) is 1. The summed E-state index contributed by atoms with van der Waals surface area (Å²) < 4.78 is 38.5. The Kier molecular flexibility index (Phi) is 3.53. The molecule has 0 aliphatic rings. The van der Waals surface area contributed by atoms with Gasteiger partial charge in [0, 0.05) is 12.3 Å². The third-order valence-electron chi connectivity index (χ3n) is 2.21. The zero-order valence-corrected chi connectivity index (χ0v) is 10.1. The average molecular weight is 291 g/mol. The molecular formula is C9H8F3N5OS. The van der Waals surface area contributed by atoms with Gasteiger partial charge in [-0.3, -0.25) is 10.2 Å². The molecule has 19 heavy (non-hydrogen) atoms. The van der Waals surface area contributed by atoms with Crippen LogP contribution in [0.4, 0.5) is 18.3 Å². The van der Waals surface area contributed by atoms with Gasteiger partial charge in [0.25, 0.3) is 5.56 Å². The van der Waals surface area contributed by atoms with E-state index in [1.165, 1.54) is 0 Å². The highest BCUT2D eigenvalue weighted by Crippen LogP contribution is 2.28. The molecule has 0 saturated heterocycles. The predicted octanol–water partition coefficient (Wildman–Crippen LogP) is 1.05. The van der Waals surface area contributed by atoms with E-state index in [2.05, 4.69) is 15.6 Å². The van der Waals surface area contributed by atoms with E-state index in [1.807, 2.05) is 0 Å². The summed E-state index contributed by atoms with van der Waals surface area (Å²) in [4.78, 5) is 11.5. The Hall–Kier alpha value is -1.94. The monoisotopic (exact) mass is 291 g/mol. The lowest BCUT2D eigenvalue weighted by Crippen LogP contribution is -2.21. The van der Waals surface area contributed by atoms with E-state index in [4.69, 9.17) is 5.84 Å². The molecule has 0 spiro atoms. The molecule has 3 N–H and O–H groups in total. The van der Waals surface area contributed by atoms with Crippen LogP contribution in [0, 0.1) is 0 Å². The number of rotatable bonds is 3. The smallest absolute Gasteiger partial charge is 0.308 e. The van der Waals surface area contributed by atoms with Crippen molar-refractivity contribution < 1.29 is 13.2 Å². The van der Waals surface area contributed by atoms with Gasteiger partial charge in [0.15, 0.2) is 0 Å². The molecular weight excluding hydrogens is 283 g/mol. The molecule has 2 aromatic heterocycles. The van der Waals surface area contributed by atoms with E-state index in [0.29, 0.717) is 10.1 Å². The maximum Gasteiger partial charge on any atom is 0.417 e. The van der Waals surface area contributed by atoms with Gasteiger partial charge in [-0.15, -0.1) is 10.2 Å². The number of hydrogen-bond acceptors (Lipinski definition) is 6. The van der Waals surface area contributed by atoms with Gasteiger partial charge in [-0.1, -0.05) is 11.3 Å². The molecule has 0 aliphatic carbocycles. The van der Waals surface area contributed by atoms with E-state index in [0.717, 1.165) is 34.2 Å². The average Bonchev–Trinajstić information content (AvgIpc) is 2.78. The van der Waals surface area contributed by atoms with Gasteiger partial charge >= 0.3 is 6.18 Å². The van der Waals surface area contributed by atoms with Crippen molar-refractivity contribution in [3.63, 3.8) is 0 Å². The normalized spacial score (nSPS) is 11.6. The van der Waals surface area contributed by atoms with Crippen LogP contribution >= 0.6 is 11.3 Å². The van der Waals surface area contributed by atoms with E-state index >= 15 is 0 Å². The summed E-state index contributed by atoms with van der Waals surface area (Å²) >= 11 is 1.05. The number of hydrogen-bond donors (Lipinski definition) is 2. The van der Waals surface area contributed by atoms with Crippen LogP contribution in [0.2, 0.25) is 0 Å². The Morgan fingerprint density at radius 1 is 1.37 bits per heavy atom. The van der Waals surface area contributed by atoms with Crippen LogP contribution in [0.1, 0.15) is 10.6 Å². The van der Waals surface area contributed by atoms with Crippen molar-refractivity contribution in [2.75, 3.05) is 5.43 Å². The van der Waals surface area contributed by atoms with Gasteiger partial charge in [-0.2, -0.15) is 13.2 Å². The highest BCUT2D eigenvalue weighted by Gasteiger charge is 2.31. The molecule has 2 heterocycles. The molecule has 2 aromatic rings. The van der Waals surface area contributed by atoms with Gasteiger partial charge in [0.2, 0.25) is 5.13 Å². The van der Waals surface area contributed by atoms with Crippen molar-refractivity contribution in [3.05, 3.63) is 39.3 Å². The van der Waals surface area contributed by atoms with Crippen molar-refractivity contribution in [2.45, 2.75) is 12.7 Å². The molecule has 2 rings (SSSR count). The lowest BCUT2D eigenvalue weighted by atomic mass is 10.3. The molecule has 10 heteroatoms. The van der Waals surface area contributed by atoms with Crippen molar-refractivity contribution in [3.8, 4) is 0 Å². The number of alkyl halides is 3. The van der Waals surface area contributed by atoms with E-state index < -0.39 is 17.3 Å². The topological polar surface area (TPSA) is 85.8 Å². The Bertz CT molecular complexity index is 635. The fourth-order valence-electron chi connectivity index (χ4n) is 1.34. The molecule has 0 amide bonds. The second-order valence-electron chi connectivity index (χ2n) is 3.53. The van der Waals surface area contributed by atoms with Gasteiger partial charge in [0.05, 0.1) is 12.1 Å². The third kappa shape index (κ3) is 3.09. The van der Waals surface area contributed by atoms with Crippen LogP contribution in [0.25, 0.3) is 0 Å². The van der Waals surface area contributed by atoms with Crippen molar-refractivity contribution in [1.29, 1.82) is 0 Å². The van der Waals surface area contributed by atoms with Crippen LogP contribution in [0.5, 0.6) is 0 Å². The molecule has 0 unspecified atom stereocenters. The lowest BCUT2D eigenvalue weighted by molar-refractivity contribution is -0.138. The standard InChI is InChI=1S/C9H8F3N5OS/c10-9(11,12)5-1-2-7(18)17(3-5)4-6-15-16-8(14-13)19-6/h1-3H,4,13H2,(H,14,16). The molecule has 6 nitrogen and oxygen atoms in total. The highest BCUT2D eigenvalue weighted by atomic mass is 32.1. The summed E-state index contributed by atoms with van der Waals surface area (Å²) in [5.41, 5.74) is 0.816. The maximum absolute atomic E-state index is 12.5. The zero-order valence-electron chi connectivity index (χ0n) is 9.31. The van der Waals surface area contributed by atoms with Crippen molar-refractivity contribution in [1.82, 2.24) is 14.8 Å². The molecule has 0 saturated carbocycles. The highest BCUT2D eigenvalue weighted by molar-refractivity contribution is 7.15. The van der Waals surface area contributed by atoms with Crippen LogP contribution in [0.3, 0.4) is 0 Å². The fraction of sp³-hybridized carbons (Fsp3) is 0.222. The molecule has 0 atom stereocenters. The Morgan fingerprint density at radius 3 is 2.68 bits per heavy atom. The number of anilines is 1. The van der Waals surface area contributed by atoms with Crippen LogP contribution in [0.15, 0.2) is 23.1 Å². The first kappa shape index (κ1) is 13.5. The molecule has 0 radical (unpaired) electrons. The second-order valence-corrected chi connectivity index (χ2v) is 4.59. The second kappa shape index (κ2) is 4.97.